The molecule has 0 atom stereocenters. The Bertz CT molecular complexity index is 729. The monoisotopic (exact) mass is 349 g/mol. The molecule has 1 aromatic carbocycles. The van der Waals surface area contributed by atoms with Gasteiger partial charge in [-0.2, -0.15) is 4.31 Å². The predicted molar refractivity (Wildman–Crippen MR) is 79.7 cm³/mol. The number of benzene rings is 1. The maximum Gasteiger partial charge on any atom is 0.244 e. The Morgan fingerprint density at radius 1 is 1.29 bits per heavy atom. The van der Waals surface area contributed by atoms with Crippen molar-refractivity contribution in [2.24, 2.45) is 0 Å². The summed E-state index contributed by atoms with van der Waals surface area (Å²) in [5.41, 5.74) is 1.02. The summed E-state index contributed by atoms with van der Waals surface area (Å²) in [5, 5.41) is 9.43. The third-order valence-electron chi connectivity index (χ3n) is 2.94. The first-order chi connectivity index (χ1) is 9.86. The Morgan fingerprint density at radius 2 is 2.00 bits per heavy atom. The molecule has 5 nitrogen and oxygen atoms in total. The molecule has 2 rings (SSSR count). The number of hydrogen-bond donors (Lipinski definition) is 1. The normalized spacial score (nSPS) is 12.0. The first-order valence-electron chi connectivity index (χ1n) is 5.92. The summed E-state index contributed by atoms with van der Waals surface area (Å²) in [6.07, 6.45) is 2.93. The summed E-state index contributed by atoms with van der Waals surface area (Å²) in [7, 11) is -2.37. The summed E-state index contributed by atoms with van der Waals surface area (Å²) in [6.45, 7) is -0.226. The average Bonchev–Trinajstić information content (AvgIpc) is 2.91. The van der Waals surface area contributed by atoms with Crippen molar-refractivity contribution < 1.29 is 17.9 Å². The van der Waals surface area contributed by atoms with Gasteiger partial charge in [0.25, 0.3) is 0 Å². The lowest BCUT2D eigenvalue weighted by Crippen LogP contribution is -2.26. The number of furan rings is 1. The van der Waals surface area contributed by atoms with Gasteiger partial charge in [0.15, 0.2) is 0 Å². The molecule has 0 unspecified atom stereocenters. The summed E-state index contributed by atoms with van der Waals surface area (Å²) >= 11 is 11.9. The first-order valence-corrected chi connectivity index (χ1v) is 8.12. The van der Waals surface area contributed by atoms with E-state index in [4.69, 9.17) is 27.6 Å². The van der Waals surface area contributed by atoms with Crippen LogP contribution in [-0.4, -0.2) is 24.9 Å². The van der Waals surface area contributed by atoms with Crippen molar-refractivity contribution in [3.05, 3.63) is 51.9 Å². The lowest BCUT2D eigenvalue weighted by atomic mass is 10.2. The van der Waals surface area contributed by atoms with E-state index in [-0.39, 0.29) is 28.1 Å². The fraction of sp³-hybridized carbons (Fsp3) is 0.231. The molecule has 0 saturated heterocycles. The Morgan fingerprint density at radius 3 is 2.57 bits per heavy atom. The van der Waals surface area contributed by atoms with Crippen LogP contribution < -0.4 is 0 Å². The van der Waals surface area contributed by atoms with Crippen molar-refractivity contribution >= 4 is 33.2 Å². The Balaban J connectivity index is 2.39. The third kappa shape index (κ3) is 3.41. The number of sulfonamides is 1. The minimum Gasteiger partial charge on any atom is -0.472 e. The van der Waals surface area contributed by atoms with Gasteiger partial charge in [-0.25, -0.2) is 8.42 Å². The molecule has 21 heavy (non-hydrogen) atoms. The third-order valence-corrected chi connectivity index (χ3v) is 5.56. The van der Waals surface area contributed by atoms with E-state index in [1.807, 2.05) is 0 Å². The van der Waals surface area contributed by atoms with Gasteiger partial charge >= 0.3 is 0 Å². The number of rotatable bonds is 5. The maximum absolute atomic E-state index is 12.5. The molecule has 1 aromatic heterocycles. The SMILES string of the molecule is CN(Cc1ccoc1)S(=O)(=O)c1cc(CO)c(Cl)cc1Cl. The van der Waals surface area contributed by atoms with Crippen LogP contribution in [0.1, 0.15) is 11.1 Å². The molecule has 0 fully saturated rings. The molecule has 0 aliphatic carbocycles. The zero-order chi connectivity index (χ0) is 15.6. The molecule has 0 aliphatic rings. The smallest absolute Gasteiger partial charge is 0.244 e. The van der Waals surface area contributed by atoms with Gasteiger partial charge in [-0.3, -0.25) is 0 Å². The van der Waals surface area contributed by atoms with E-state index in [1.165, 1.54) is 31.7 Å². The Kier molecular flexibility index (Phi) is 4.95. The van der Waals surface area contributed by atoms with Gasteiger partial charge in [-0.1, -0.05) is 23.2 Å². The second-order valence-electron chi connectivity index (χ2n) is 4.42. The van der Waals surface area contributed by atoms with Crippen molar-refractivity contribution in [2.45, 2.75) is 18.0 Å². The van der Waals surface area contributed by atoms with E-state index in [0.717, 1.165) is 4.31 Å². The highest BCUT2D eigenvalue weighted by Gasteiger charge is 2.25. The highest BCUT2D eigenvalue weighted by molar-refractivity contribution is 7.89. The van der Waals surface area contributed by atoms with Crippen molar-refractivity contribution in [1.82, 2.24) is 4.31 Å². The summed E-state index contributed by atoms with van der Waals surface area (Å²) in [5.74, 6) is 0. The second kappa shape index (κ2) is 6.37. The van der Waals surface area contributed by atoms with Crippen molar-refractivity contribution in [2.75, 3.05) is 7.05 Å². The topological polar surface area (TPSA) is 70.8 Å². The minimum absolute atomic E-state index is 0.0104. The molecule has 0 spiro atoms. The Labute approximate surface area is 132 Å². The summed E-state index contributed by atoms with van der Waals surface area (Å²) in [4.78, 5) is -0.0939. The molecule has 8 heteroatoms. The second-order valence-corrected chi connectivity index (χ2v) is 7.25. The van der Waals surface area contributed by atoms with Crippen LogP contribution in [0.25, 0.3) is 0 Å². The zero-order valence-electron chi connectivity index (χ0n) is 11.1. The molecule has 114 valence electrons. The van der Waals surface area contributed by atoms with Crippen LogP contribution in [0.3, 0.4) is 0 Å². The van der Waals surface area contributed by atoms with Crippen LogP contribution in [0.4, 0.5) is 0 Å². The lowest BCUT2D eigenvalue weighted by Gasteiger charge is -2.18. The summed E-state index contributed by atoms with van der Waals surface area (Å²) in [6, 6.07) is 4.27. The Hall–Kier alpha value is -1.05. The molecule has 0 bridgehead atoms. The van der Waals surface area contributed by atoms with Gasteiger partial charge in [0.1, 0.15) is 4.90 Å². The van der Waals surface area contributed by atoms with Crippen molar-refractivity contribution in [1.29, 1.82) is 0 Å². The van der Waals surface area contributed by atoms with Crippen LogP contribution in [0, 0.1) is 0 Å². The number of halogens is 2. The maximum atomic E-state index is 12.5. The molecule has 0 aliphatic heterocycles. The molecule has 2 aromatic rings. The quantitative estimate of drug-likeness (QED) is 0.900. The number of nitrogens with zero attached hydrogens (tertiary/aromatic N) is 1. The van der Waals surface area contributed by atoms with Crippen LogP contribution in [0.5, 0.6) is 0 Å². The highest BCUT2D eigenvalue weighted by Crippen LogP contribution is 2.30. The largest absolute Gasteiger partial charge is 0.472 e. The highest BCUT2D eigenvalue weighted by atomic mass is 35.5. The standard InChI is InChI=1S/C13H13Cl2NO4S/c1-16(6-9-2-3-20-8-9)21(18,19)13-4-10(7-17)11(14)5-12(13)15/h2-5,8,17H,6-7H2,1H3. The van der Waals surface area contributed by atoms with Gasteiger partial charge in [0.2, 0.25) is 10.0 Å². The number of aliphatic hydroxyl groups excluding tert-OH is 1. The predicted octanol–water partition coefficient (Wildman–Crippen LogP) is 2.90. The van der Waals surface area contributed by atoms with E-state index in [0.29, 0.717) is 11.1 Å². The summed E-state index contributed by atoms with van der Waals surface area (Å²) < 4.78 is 31.1. The van der Waals surface area contributed by atoms with E-state index >= 15 is 0 Å². The zero-order valence-corrected chi connectivity index (χ0v) is 13.4. The molecule has 0 radical (unpaired) electrons. The number of aliphatic hydroxyl groups is 1. The molecule has 1 heterocycles. The molecule has 0 amide bonds. The molecule has 1 N–H and O–H groups in total. The van der Waals surface area contributed by atoms with E-state index in [2.05, 4.69) is 0 Å². The van der Waals surface area contributed by atoms with Crippen molar-refractivity contribution in [3.8, 4) is 0 Å². The molecular formula is C13H13Cl2NO4S. The average molecular weight is 350 g/mol. The lowest BCUT2D eigenvalue weighted by molar-refractivity contribution is 0.281. The van der Waals surface area contributed by atoms with Gasteiger partial charge in [-0.05, 0) is 23.8 Å². The van der Waals surface area contributed by atoms with E-state index < -0.39 is 10.0 Å². The molecule has 0 saturated carbocycles. The van der Waals surface area contributed by atoms with E-state index in [9.17, 15) is 13.5 Å². The van der Waals surface area contributed by atoms with Crippen molar-refractivity contribution in [3.63, 3.8) is 0 Å². The van der Waals surface area contributed by atoms with Gasteiger partial charge in [0.05, 0.1) is 24.2 Å². The van der Waals surface area contributed by atoms with Gasteiger partial charge in [0, 0.05) is 24.2 Å². The van der Waals surface area contributed by atoms with Crippen LogP contribution in [0.2, 0.25) is 10.0 Å². The fourth-order valence-corrected chi connectivity index (χ4v) is 3.77. The molecular weight excluding hydrogens is 337 g/mol. The van der Waals surface area contributed by atoms with Crippen LogP contribution in [0.15, 0.2) is 40.0 Å². The van der Waals surface area contributed by atoms with Gasteiger partial charge < -0.3 is 9.52 Å². The minimum atomic E-state index is -3.81. The first kappa shape index (κ1) is 16.3. The van der Waals surface area contributed by atoms with Crippen LogP contribution in [-0.2, 0) is 23.2 Å². The fourth-order valence-electron chi connectivity index (χ4n) is 1.78. The number of hydrogen-bond acceptors (Lipinski definition) is 4. The van der Waals surface area contributed by atoms with E-state index in [1.54, 1.807) is 6.07 Å². The van der Waals surface area contributed by atoms with Gasteiger partial charge in [-0.15, -0.1) is 0 Å². The van der Waals surface area contributed by atoms with Crippen LogP contribution >= 0.6 is 23.2 Å².